The summed E-state index contributed by atoms with van der Waals surface area (Å²) in [5.74, 6) is 0.0519. The molecule has 4 rings (SSSR count). The number of pyridine rings is 1. The largest absolute Gasteiger partial charge is 0.482 e. The second-order valence-corrected chi connectivity index (χ2v) is 6.83. The fraction of sp³-hybridized carbons (Fsp3) is 0.238. The molecule has 0 radical (unpaired) electrons. The Labute approximate surface area is 166 Å². The molecule has 0 aliphatic carbocycles. The van der Waals surface area contributed by atoms with Gasteiger partial charge >= 0.3 is 5.97 Å². The molecule has 0 saturated heterocycles. The average Bonchev–Trinajstić information content (AvgIpc) is 2.74. The Morgan fingerprint density at radius 2 is 2.10 bits per heavy atom. The summed E-state index contributed by atoms with van der Waals surface area (Å²) in [4.78, 5) is 37.2. The van der Waals surface area contributed by atoms with E-state index in [4.69, 9.17) is 9.84 Å². The third-order valence-corrected chi connectivity index (χ3v) is 4.80. The fourth-order valence-corrected chi connectivity index (χ4v) is 3.41. The third kappa shape index (κ3) is 4.33. The molecular formula is C21H20N4O4. The summed E-state index contributed by atoms with van der Waals surface area (Å²) in [5.41, 5.74) is 2.98. The standard InChI is InChI=1S/C21H20N4O4/c26-19(27)13-29-18-6-2-1-4-15(18)11-25-9-7-17-16(12-25)21(28)24-20(23-17)14-5-3-8-22-10-14/h1-6,8,10H,7,9,11-13H2,(H,26,27)(H,23,24,28). The van der Waals surface area contributed by atoms with Crippen LogP contribution < -0.4 is 10.3 Å². The predicted octanol–water partition coefficient (Wildman–Crippen LogP) is 1.85. The van der Waals surface area contributed by atoms with Gasteiger partial charge in [-0.15, -0.1) is 0 Å². The molecule has 0 unspecified atom stereocenters. The molecule has 3 aromatic rings. The van der Waals surface area contributed by atoms with Crippen molar-refractivity contribution in [1.82, 2.24) is 19.9 Å². The molecule has 2 aromatic heterocycles. The van der Waals surface area contributed by atoms with E-state index in [-0.39, 0.29) is 12.2 Å². The maximum Gasteiger partial charge on any atom is 0.341 e. The number of ether oxygens (including phenoxy) is 1. The van der Waals surface area contributed by atoms with Gasteiger partial charge in [-0.25, -0.2) is 9.78 Å². The average molecular weight is 392 g/mol. The maximum absolute atomic E-state index is 12.7. The molecule has 1 aliphatic heterocycles. The van der Waals surface area contributed by atoms with Crippen LogP contribution in [0.4, 0.5) is 0 Å². The van der Waals surface area contributed by atoms with E-state index in [1.807, 2.05) is 18.2 Å². The number of aromatic nitrogens is 3. The number of rotatable bonds is 6. The van der Waals surface area contributed by atoms with Crippen molar-refractivity contribution < 1.29 is 14.6 Å². The van der Waals surface area contributed by atoms with Crippen LogP contribution in [0, 0.1) is 0 Å². The minimum atomic E-state index is -1.02. The third-order valence-electron chi connectivity index (χ3n) is 4.80. The lowest BCUT2D eigenvalue weighted by molar-refractivity contribution is -0.139. The highest BCUT2D eigenvalue weighted by Gasteiger charge is 2.22. The number of H-pyrrole nitrogens is 1. The van der Waals surface area contributed by atoms with Crippen molar-refractivity contribution >= 4 is 5.97 Å². The van der Waals surface area contributed by atoms with E-state index < -0.39 is 5.97 Å². The molecule has 0 amide bonds. The van der Waals surface area contributed by atoms with Gasteiger partial charge in [0.15, 0.2) is 6.61 Å². The second kappa shape index (κ2) is 8.24. The van der Waals surface area contributed by atoms with Gasteiger partial charge in [-0.3, -0.25) is 14.7 Å². The van der Waals surface area contributed by atoms with Crippen LogP contribution in [-0.2, 0) is 24.3 Å². The van der Waals surface area contributed by atoms with E-state index in [9.17, 15) is 9.59 Å². The van der Waals surface area contributed by atoms with Gasteiger partial charge in [0.05, 0.1) is 11.3 Å². The Balaban J connectivity index is 1.53. The molecule has 0 saturated carbocycles. The molecule has 29 heavy (non-hydrogen) atoms. The molecule has 0 atom stereocenters. The minimum absolute atomic E-state index is 0.144. The summed E-state index contributed by atoms with van der Waals surface area (Å²) >= 11 is 0. The fourth-order valence-electron chi connectivity index (χ4n) is 3.41. The Morgan fingerprint density at radius 1 is 1.24 bits per heavy atom. The topological polar surface area (TPSA) is 108 Å². The van der Waals surface area contributed by atoms with Gasteiger partial charge in [-0.05, 0) is 18.2 Å². The molecule has 8 nitrogen and oxygen atoms in total. The van der Waals surface area contributed by atoms with Crippen LogP contribution >= 0.6 is 0 Å². The molecule has 3 heterocycles. The van der Waals surface area contributed by atoms with Crippen molar-refractivity contribution in [2.45, 2.75) is 19.5 Å². The predicted molar refractivity (Wildman–Crippen MR) is 105 cm³/mol. The number of aromatic amines is 1. The van der Waals surface area contributed by atoms with E-state index in [1.165, 1.54) is 0 Å². The number of benzene rings is 1. The summed E-state index contributed by atoms with van der Waals surface area (Å²) in [6, 6.07) is 11.0. The quantitative estimate of drug-likeness (QED) is 0.659. The Kier molecular flexibility index (Phi) is 5.35. The lowest BCUT2D eigenvalue weighted by Gasteiger charge is -2.28. The zero-order valence-corrected chi connectivity index (χ0v) is 15.7. The minimum Gasteiger partial charge on any atom is -0.482 e. The normalized spacial score (nSPS) is 13.7. The summed E-state index contributed by atoms with van der Waals surface area (Å²) in [6.45, 7) is 1.38. The highest BCUT2D eigenvalue weighted by molar-refractivity contribution is 5.68. The monoisotopic (exact) mass is 392 g/mol. The molecule has 1 aliphatic rings. The van der Waals surface area contributed by atoms with Crippen LogP contribution in [-0.4, -0.2) is 44.1 Å². The van der Waals surface area contributed by atoms with Gasteiger partial charge in [0.1, 0.15) is 11.6 Å². The molecule has 0 fully saturated rings. The van der Waals surface area contributed by atoms with Crippen LogP contribution in [0.1, 0.15) is 16.8 Å². The number of aliphatic carboxylic acids is 1. The summed E-state index contributed by atoms with van der Waals surface area (Å²) < 4.78 is 5.39. The van der Waals surface area contributed by atoms with Crippen molar-refractivity contribution in [2.75, 3.05) is 13.2 Å². The SMILES string of the molecule is O=C(O)COc1ccccc1CN1CCc2nc(-c3cccnc3)[nH]c(=O)c2C1. The molecular weight excluding hydrogens is 372 g/mol. The van der Waals surface area contributed by atoms with E-state index in [0.717, 1.165) is 23.4 Å². The molecule has 1 aromatic carbocycles. The van der Waals surface area contributed by atoms with Crippen LogP contribution in [0.5, 0.6) is 5.75 Å². The number of para-hydroxylation sites is 1. The summed E-state index contributed by atoms with van der Waals surface area (Å²) in [7, 11) is 0. The van der Waals surface area contributed by atoms with Crippen molar-refractivity contribution in [1.29, 1.82) is 0 Å². The van der Waals surface area contributed by atoms with E-state index >= 15 is 0 Å². The summed E-state index contributed by atoms with van der Waals surface area (Å²) in [5, 5.41) is 8.85. The van der Waals surface area contributed by atoms with Crippen LogP contribution in [0.25, 0.3) is 11.4 Å². The van der Waals surface area contributed by atoms with Gasteiger partial charge in [-0.2, -0.15) is 0 Å². The van der Waals surface area contributed by atoms with Crippen molar-refractivity contribution in [3.63, 3.8) is 0 Å². The molecule has 2 N–H and O–H groups in total. The maximum atomic E-state index is 12.7. The van der Waals surface area contributed by atoms with E-state index in [1.54, 1.807) is 30.6 Å². The number of carbonyl (C=O) groups is 1. The smallest absolute Gasteiger partial charge is 0.341 e. The number of hydrogen-bond acceptors (Lipinski definition) is 6. The summed E-state index contributed by atoms with van der Waals surface area (Å²) in [6.07, 6.45) is 4.01. The lowest BCUT2D eigenvalue weighted by Crippen LogP contribution is -2.35. The van der Waals surface area contributed by atoms with E-state index in [0.29, 0.717) is 36.6 Å². The lowest BCUT2D eigenvalue weighted by atomic mass is 10.1. The van der Waals surface area contributed by atoms with Crippen molar-refractivity contribution in [3.8, 4) is 17.1 Å². The molecule has 8 heteroatoms. The number of carboxylic acid groups (broad SMARTS) is 1. The first-order chi connectivity index (χ1) is 14.1. The Morgan fingerprint density at radius 3 is 2.90 bits per heavy atom. The zero-order chi connectivity index (χ0) is 20.2. The van der Waals surface area contributed by atoms with Crippen LogP contribution in [0.3, 0.4) is 0 Å². The number of fused-ring (bicyclic) bond motifs is 1. The first kappa shape index (κ1) is 18.8. The Hall–Kier alpha value is -3.52. The zero-order valence-electron chi connectivity index (χ0n) is 15.7. The number of nitrogens with one attached hydrogen (secondary N) is 1. The highest BCUT2D eigenvalue weighted by atomic mass is 16.5. The van der Waals surface area contributed by atoms with Gasteiger partial charge in [0.25, 0.3) is 5.56 Å². The first-order valence-corrected chi connectivity index (χ1v) is 9.27. The van der Waals surface area contributed by atoms with Gasteiger partial charge in [0, 0.05) is 49.6 Å². The van der Waals surface area contributed by atoms with Gasteiger partial charge < -0.3 is 14.8 Å². The van der Waals surface area contributed by atoms with Crippen LogP contribution in [0.2, 0.25) is 0 Å². The molecule has 0 spiro atoms. The number of hydrogen-bond donors (Lipinski definition) is 2. The van der Waals surface area contributed by atoms with Gasteiger partial charge in [0.2, 0.25) is 0 Å². The second-order valence-electron chi connectivity index (χ2n) is 6.83. The van der Waals surface area contributed by atoms with E-state index in [2.05, 4.69) is 19.9 Å². The van der Waals surface area contributed by atoms with Crippen molar-refractivity contribution in [3.05, 3.63) is 76.0 Å². The first-order valence-electron chi connectivity index (χ1n) is 9.27. The molecule has 148 valence electrons. The van der Waals surface area contributed by atoms with Crippen molar-refractivity contribution in [2.24, 2.45) is 0 Å². The van der Waals surface area contributed by atoms with Gasteiger partial charge in [-0.1, -0.05) is 18.2 Å². The number of nitrogens with zero attached hydrogens (tertiary/aromatic N) is 3. The van der Waals surface area contributed by atoms with Crippen LogP contribution in [0.15, 0.2) is 53.6 Å². The number of carboxylic acids is 1. The molecule has 0 bridgehead atoms. The Bertz CT molecular complexity index is 1080. The highest BCUT2D eigenvalue weighted by Crippen LogP contribution is 2.23.